The van der Waals surface area contributed by atoms with Gasteiger partial charge in [0.2, 0.25) is 5.01 Å². The minimum atomic E-state index is -0.411. The van der Waals surface area contributed by atoms with E-state index in [4.69, 9.17) is 0 Å². The monoisotopic (exact) mass is 208 g/mol. The van der Waals surface area contributed by atoms with Crippen LogP contribution >= 0.6 is 11.3 Å². The quantitative estimate of drug-likeness (QED) is 0.670. The molecule has 0 fully saturated rings. The van der Waals surface area contributed by atoms with Crippen molar-refractivity contribution in [2.45, 2.75) is 6.92 Å². The van der Waals surface area contributed by atoms with Gasteiger partial charge in [0.1, 0.15) is 0 Å². The number of rotatable bonds is 1. The fraction of sp³-hybridized carbons (Fsp3) is 0.222. The van der Waals surface area contributed by atoms with Crippen molar-refractivity contribution in [2.75, 3.05) is 7.11 Å². The molecule has 2 heterocycles. The molecule has 0 radical (unpaired) electrons. The molecule has 0 aromatic carbocycles. The standard InChI is InChI=1S/C9H8N2O2S/c1-5-3-4-6-7(10-5)11-8(14-6)9(12)13-2/h3-4H,1-2H3. The fourth-order valence-electron chi connectivity index (χ4n) is 1.09. The molecule has 0 atom stereocenters. The van der Waals surface area contributed by atoms with Crippen LogP contribution < -0.4 is 0 Å². The van der Waals surface area contributed by atoms with Crippen LogP contribution in [0, 0.1) is 6.92 Å². The number of carbonyl (C=O) groups excluding carboxylic acids is 1. The molecule has 0 aliphatic heterocycles. The number of aromatic nitrogens is 2. The highest BCUT2D eigenvalue weighted by molar-refractivity contribution is 7.20. The molecule has 72 valence electrons. The third kappa shape index (κ3) is 1.46. The van der Waals surface area contributed by atoms with E-state index in [-0.39, 0.29) is 0 Å². The zero-order valence-electron chi connectivity index (χ0n) is 7.77. The molecule has 0 amide bonds. The first-order valence-corrected chi connectivity index (χ1v) is 4.85. The number of aryl methyl sites for hydroxylation is 1. The van der Waals surface area contributed by atoms with Gasteiger partial charge in [0.25, 0.3) is 0 Å². The van der Waals surface area contributed by atoms with Crippen molar-refractivity contribution in [3.63, 3.8) is 0 Å². The summed E-state index contributed by atoms with van der Waals surface area (Å²) < 4.78 is 5.48. The molecule has 4 nitrogen and oxygen atoms in total. The Kier molecular flexibility index (Phi) is 2.17. The second kappa shape index (κ2) is 3.34. The SMILES string of the molecule is COC(=O)c1nc2nc(C)ccc2s1. The maximum absolute atomic E-state index is 11.2. The summed E-state index contributed by atoms with van der Waals surface area (Å²) in [5.74, 6) is -0.411. The molecule has 0 unspecified atom stereocenters. The van der Waals surface area contributed by atoms with Gasteiger partial charge >= 0.3 is 5.97 Å². The molecule has 0 N–H and O–H groups in total. The summed E-state index contributed by atoms with van der Waals surface area (Å²) in [5.41, 5.74) is 1.50. The van der Waals surface area contributed by atoms with Crippen molar-refractivity contribution in [3.8, 4) is 0 Å². The smallest absolute Gasteiger partial charge is 0.367 e. The molecule has 5 heteroatoms. The van der Waals surface area contributed by atoms with Gasteiger partial charge in [0, 0.05) is 5.69 Å². The van der Waals surface area contributed by atoms with Gasteiger partial charge in [-0.3, -0.25) is 0 Å². The third-order valence-electron chi connectivity index (χ3n) is 1.75. The molecule has 2 aromatic heterocycles. The summed E-state index contributed by atoms with van der Waals surface area (Å²) in [7, 11) is 1.34. The zero-order chi connectivity index (χ0) is 10.1. The Morgan fingerprint density at radius 2 is 2.21 bits per heavy atom. The van der Waals surface area contributed by atoms with Crippen LogP contribution in [0.1, 0.15) is 15.5 Å². The Labute approximate surface area is 84.6 Å². The van der Waals surface area contributed by atoms with Crippen LogP contribution in [-0.2, 0) is 4.74 Å². The van der Waals surface area contributed by atoms with Crippen LogP contribution in [0.5, 0.6) is 0 Å². The normalized spacial score (nSPS) is 10.4. The Balaban J connectivity index is 2.56. The molecule has 0 saturated carbocycles. The lowest BCUT2D eigenvalue weighted by Gasteiger charge is -1.89. The number of ether oxygens (including phenoxy) is 1. The molecule has 14 heavy (non-hydrogen) atoms. The van der Waals surface area contributed by atoms with Crippen LogP contribution in [0.4, 0.5) is 0 Å². The van der Waals surface area contributed by atoms with E-state index in [1.54, 1.807) is 0 Å². The minimum absolute atomic E-state index is 0.348. The predicted octanol–water partition coefficient (Wildman–Crippen LogP) is 1.79. The van der Waals surface area contributed by atoms with Crippen LogP contribution in [-0.4, -0.2) is 23.0 Å². The summed E-state index contributed by atoms with van der Waals surface area (Å²) in [6.45, 7) is 1.89. The van der Waals surface area contributed by atoms with Crippen LogP contribution in [0.15, 0.2) is 12.1 Å². The van der Waals surface area contributed by atoms with Gasteiger partial charge in [-0.15, -0.1) is 11.3 Å². The minimum Gasteiger partial charge on any atom is -0.464 e. The van der Waals surface area contributed by atoms with E-state index in [1.165, 1.54) is 18.4 Å². The molecule has 0 aliphatic rings. The zero-order valence-corrected chi connectivity index (χ0v) is 8.59. The first-order valence-electron chi connectivity index (χ1n) is 4.03. The molecule has 0 spiro atoms. The highest BCUT2D eigenvalue weighted by atomic mass is 32.1. The Bertz CT molecular complexity index is 493. The molecule has 0 saturated heterocycles. The lowest BCUT2D eigenvalue weighted by atomic mass is 10.4. The Morgan fingerprint density at radius 3 is 2.93 bits per heavy atom. The van der Waals surface area contributed by atoms with E-state index in [0.717, 1.165) is 10.4 Å². The van der Waals surface area contributed by atoms with Crippen molar-refractivity contribution in [2.24, 2.45) is 0 Å². The first kappa shape index (κ1) is 9.08. The molecule has 2 rings (SSSR count). The summed E-state index contributed by atoms with van der Waals surface area (Å²) in [6.07, 6.45) is 0. The van der Waals surface area contributed by atoms with E-state index in [1.807, 2.05) is 19.1 Å². The van der Waals surface area contributed by atoms with Crippen LogP contribution in [0.2, 0.25) is 0 Å². The molecular weight excluding hydrogens is 200 g/mol. The van der Waals surface area contributed by atoms with Crippen LogP contribution in [0.3, 0.4) is 0 Å². The lowest BCUT2D eigenvalue weighted by molar-refractivity contribution is 0.0600. The topological polar surface area (TPSA) is 52.1 Å². The number of hydrogen-bond donors (Lipinski definition) is 0. The van der Waals surface area contributed by atoms with Gasteiger partial charge in [0.15, 0.2) is 5.65 Å². The summed E-state index contributed by atoms with van der Waals surface area (Å²) in [5, 5.41) is 0.348. The van der Waals surface area contributed by atoms with Gasteiger partial charge in [0.05, 0.1) is 11.8 Å². The number of esters is 1. The number of methoxy groups -OCH3 is 1. The summed E-state index contributed by atoms with van der Waals surface area (Å²) in [6, 6.07) is 3.79. The van der Waals surface area contributed by atoms with Crippen molar-refractivity contribution in [1.29, 1.82) is 0 Å². The number of fused-ring (bicyclic) bond motifs is 1. The molecule has 0 aliphatic carbocycles. The maximum Gasteiger partial charge on any atom is 0.367 e. The van der Waals surface area contributed by atoms with E-state index in [9.17, 15) is 4.79 Å². The summed E-state index contributed by atoms with van der Waals surface area (Å²) in [4.78, 5) is 19.4. The lowest BCUT2D eigenvalue weighted by Crippen LogP contribution is -1.99. The van der Waals surface area contributed by atoms with Gasteiger partial charge in [-0.05, 0) is 19.1 Å². The molecule has 0 bridgehead atoms. The highest BCUT2D eigenvalue weighted by Crippen LogP contribution is 2.20. The van der Waals surface area contributed by atoms with Crippen molar-refractivity contribution >= 4 is 27.7 Å². The van der Waals surface area contributed by atoms with Crippen molar-refractivity contribution in [1.82, 2.24) is 9.97 Å². The van der Waals surface area contributed by atoms with Gasteiger partial charge < -0.3 is 4.74 Å². The Morgan fingerprint density at radius 1 is 1.43 bits per heavy atom. The van der Waals surface area contributed by atoms with E-state index < -0.39 is 5.97 Å². The number of carbonyl (C=O) groups is 1. The second-order valence-electron chi connectivity index (χ2n) is 2.78. The number of hydrogen-bond acceptors (Lipinski definition) is 5. The predicted molar refractivity (Wildman–Crippen MR) is 53.5 cm³/mol. The van der Waals surface area contributed by atoms with E-state index in [2.05, 4.69) is 14.7 Å². The van der Waals surface area contributed by atoms with Crippen molar-refractivity contribution < 1.29 is 9.53 Å². The number of thiazole rings is 1. The van der Waals surface area contributed by atoms with E-state index >= 15 is 0 Å². The van der Waals surface area contributed by atoms with Gasteiger partial charge in [-0.1, -0.05) is 0 Å². The van der Waals surface area contributed by atoms with Gasteiger partial charge in [-0.2, -0.15) is 0 Å². The number of nitrogens with zero attached hydrogens (tertiary/aromatic N) is 2. The fourth-order valence-corrected chi connectivity index (χ4v) is 1.91. The largest absolute Gasteiger partial charge is 0.464 e. The maximum atomic E-state index is 11.2. The average Bonchev–Trinajstić information content (AvgIpc) is 2.59. The number of pyridine rings is 1. The first-order chi connectivity index (χ1) is 6.70. The van der Waals surface area contributed by atoms with Crippen LogP contribution in [0.25, 0.3) is 10.3 Å². The Hall–Kier alpha value is -1.49. The van der Waals surface area contributed by atoms with Gasteiger partial charge in [-0.25, -0.2) is 14.8 Å². The second-order valence-corrected chi connectivity index (χ2v) is 3.82. The highest BCUT2D eigenvalue weighted by Gasteiger charge is 2.12. The molecular formula is C9H8N2O2S. The third-order valence-corrected chi connectivity index (χ3v) is 2.74. The summed E-state index contributed by atoms with van der Waals surface area (Å²) >= 11 is 1.29. The molecule has 2 aromatic rings. The van der Waals surface area contributed by atoms with Crippen molar-refractivity contribution in [3.05, 3.63) is 22.8 Å². The average molecular weight is 208 g/mol. The van der Waals surface area contributed by atoms with E-state index in [0.29, 0.717) is 10.7 Å².